The number of para-hydroxylation sites is 1. The summed E-state index contributed by atoms with van der Waals surface area (Å²) in [6.07, 6.45) is 0. The minimum atomic E-state index is -0.404. The van der Waals surface area contributed by atoms with Crippen molar-refractivity contribution in [1.82, 2.24) is 9.78 Å². The number of benzene rings is 2. The number of aryl methyl sites for hydroxylation is 2. The second-order valence-corrected chi connectivity index (χ2v) is 5.28. The van der Waals surface area contributed by atoms with E-state index >= 15 is 0 Å². The third-order valence-electron chi connectivity index (χ3n) is 3.53. The van der Waals surface area contributed by atoms with E-state index in [9.17, 15) is 10.1 Å². The maximum atomic E-state index is 11.4. The van der Waals surface area contributed by atoms with Crippen LogP contribution >= 0.6 is 0 Å². The fourth-order valence-electron chi connectivity index (χ4n) is 2.38. The normalized spacial score (nSPS) is 10.5. The molecule has 6 nitrogen and oxygen atoms in total. The minimum absolute atomic E-state index is 0.0190. The molecule has 1 N–H and O–H groups in total. The Hall–Kier alpha value is -3.15. The summed E-state index contributed by atoms with van der Waals surface area (Å²) in [4.78, 5) is 11.0. The summed E-state index contributed by atoms with van der Waals surface area (Å²) < 4.78 is 1.56. The first-order chi connectivity index (χ1) is 11.1. The molecular weight excluding hydrogens is 292 g/mol. The first-order valence-electron chi connectivity index (χ1n) is 7.19. The van der Waals surface area contributed by atoms with E-state index in [1.54, 1.807) is 11.6 Å². The molecule has 0 radical (unpaired) electrons. The maximum Gasteiger partial charge on any atom is 0.334 e. The maximum absolute atomic E-state index is 11.4. The summed E-state index contributed by atoms with van der Waals surface area (Å²) in [6.45, 7) is 3.63. The summed E-state index contributed by atoms with van der Waals surface area (Å²) in [6, 6.07) is 17.0. The van der Waals surface area contributed by atoms with Crippen molar-refractivity contribution in [2.75, 3.05) is 5.32 Å². The number of hydrogen-bond acceptors (Lipinski definition) is 4. The van der Waals surface area contributed by atoms with Crippen LogP contribution < -0.4 is 5.32 Å². The molecule has 6 heteroatoms. The topological polar surface area (TPSA) is 73.0 Å². The smallest absolute Gasteiger partial charge is 0.334 e. The van der Waals surface area contributed by atoms with Crippen LogP contribution in [0.15, 0.2) is 54.6 Å². The lowest BCUT2D eigenvalue weighted by atomic mass is 10.2. The molecule has 3 rings (SSSR count). The fraction of sp³-hybridized carbons (Fsp3) is 0.118. The van der Waals surface area contributed by atoms with Crippen molar-refractivity contribution >= 4 is 17.2 Å². The predicted molar refractivity (Wildman–Crippen MR) is 89.4 cm³/mol. The molecule has 23 heavy (non-hydrogen) atoms. The van der Waals surface area contributed by atoms with Gasteiger partial charge in [-0.1, -0.05) is 35.9 Å². The average molecular weight is 308 g/mol. The van der Waals surface area contributed by atoms with E-state index in [4.69, 9.17) is 0 Å². The number of nitrogens with one attached hydrogen (secondary N) is 1. The minimum Gasteiger partial charge on any atom is -0.334 e. The monoisotopic (exact) mass is 308 g/mol. The highest BCUT2D eigenvalue weighted by atomic mass is 16.6. The van der Waals surface area contributed by atoms with Crippen molar-refractivity contribution in [3.05, 3.63) is 76.0 Å². The largest absolute Gasteiger partial charge is 0.334 e. The molecule has 0 bridgehead atoms. The van der Waals surface area contributed by atoms with Crippen LogP contribution in [0.1, 0.15) is 11.3 Å². The Morgan fingerprint density at radius 3 is 2.30 bits per heavy atom. The lowest BCUT2D eigenvalue weighted by Crippen LogP contribution is -2.04. The van der Waals surface area contributed by atoms with Crippen molar-refractivity contribution < 1.29 is 4.92 Å². The summed E-state index contributed by atoms with van der Waals surface area (Å²) in [5, 5.41) is 18.9. The molecule has 0 fully saturated rings. The van der Waals surface area contributed by atoms with Crippen LogP contribution in [0.4, 0.5) is 17.2 Å². The molecule has 0 aliphatic rings. The van der Waals surface area contributed by atoms with Crippen LogP contribution in [0, 0.1) is 24.0 Å². The number of hydrogen-bond donors (Lipinski definition) is 1. The molecule has 0 atom stereocenters. The van der Waals surface area contributed by atoms with E-state index in [0.29, 0.717) is 11.5 Å². The molecule has 0 aliphatic heterocycles. The standard InChI is InChI=1S/C17H16N4O2/c1-12-8-10-14(11-9-12)18-17-16(21(22)23)13(2)19-20(17)15-6-4-3-5-7-15/h3-11,18H,1-2H3. The van der Waals surface area contributed by atoms with Crippen LogP contribution in [-0.4, -0.2) is 14.7 Å². The van der Waals surface area contributed by atoms with Gasteiger partial charge in [-0.15, -0.1) is 0 Å². The zero-order valence-corrected chi connectivity index (χ0v) is 12.9. The first-order valence-corrected chi connectivity index (χ1v) is 7.19. The van der Waals surface area contributed by atoms with Gasteiger partial charge in [0.1, 0.15) is 5.69 Å². The van der Waals surface area contributed by atoms with Gasteiger partial charge in [-0.2, -0.15) is 5.10 Å². The second-order valence-electron chi connectivity index (χ2n) is 5.28. The van der Waals surface area contributed by atoms with Crippen molar-refractivity contribution in [3.63, 3.8) is 0 Å². The van der Waals surface area contributed by atoms with E-state index in [-0.39, 0.29) is 5.69 Å². The molecule has 2 aromatic carbocycles. The van der Waals surface area contributed by atoms with Gasteiger partial charge in [-0.3, -0.25) is 10.1 Å². The summed E-state index contributed by atoms with van der Waals surface area (Å²) in [7, 11) is 0. The lowest BCUT2D eigenvalue weighted by Gasteiger charge is -2.09. The number of nitro groups is 1. The number of anilines is 2. The molecule has 1 heterocycles. The van der Waals surface area contributed by atoms with Gasteiger partial charge < -0.3 is 5.32 Å². The molecular formula is C17H16N4O2. The molecule has 0 saturated carbocycles. The highest BCUT2D eigenvalue weighted by Gasteiger charge is 2.26. The molecule has 116 valence electrons. The van der Waals surface area contributed by atoms with Gasteiger partial charge in [0.2, 0.25) is 5.82 Å². The molecule has 0 aliphatic carbocycles. The zero-order chi connectivity index (χ0) is 16.4. The van der Waals surface area contributed by atoms with E-state index in [0.717, 1.165) is 16.9 Å². The van der Waals surface area contributed by atoms with Gasteiger partial charge in [-0.05, 0) is 38.1 Å². The molecule has 0 unspecified atom stereocenters. The molecule has 3 aromatic rings. The highest BCUT2D eigenvalue weighted by Crippen LogP contribution is 2.33. The third kappa shape index (κ3) is 2.91. The van der Waals surface area contributed by atoms with Crippen molar-refractivity contribution in [2.45, 2.75) is 13.8 Å². The Labute approximate surface area is 133 Å². The Balaban J connectivity index is 2.12. The van der Waals surface area contributed by atoms with Crippen LogP contribution in [0.5, 0.6) is 0 Å². The summed E-state index contributed by atoms with van der Waals surface area (Å²) in [5.41, 5.74) is 3.01. The van der Waals surface area contributed by atoms with Crippen molar-refractivity contribution in [3.8, 4) is 5.69 Å². The molecule has 0 saturated heterocycles. The van der Waals surface area contributed by atoms with Crippen LogP contribution in [0.3, 0.4) is 0 Å². The SMILES string of the molecule is Cc1ccc(Nc2c([N+](=O)[O-])c(C)nn2-c2ccccc2)cc1. The van der Waals surface area contributed by atoms with Gasteiger partial charge in [0.15, 0.2) is 0 Å². The van der Waals surface area contributed by atoms with Crippen molar-refractivity contribution in [2.24, 2.45) is 0 Å². The van der Waals surface area contributed by atoms with Gasteiger partial charge >= 0.3 is 5.69 Å². The number of rotatable bonds is 4. The summed E-state index contributed by atoms with van der Waals surface area (Å²) >= 11 is 0. The Bertz CT molecular complexity index is 839. The van der Waals surface area contributed by atoms with Crippen LogP contribution in [0.2, 0.25) is 0 Å². The lowest BCUT2D eigenvalue weighted by molar-refractivity contribution is -0.384. The Morgan fingerprint density at radius 2 is 1.70 bits per heavy atom. The second kappa shape index (κ2) is 5.92. The van der Waals surface area contributed by atoms with E-state index in [1.807, 2.05) is 61.5 Å². The predicted octanol–water partition coefficient (Wildman–Crippen LogP) is 4.14. The van der Waals surface area contributed by atoms with Gasteiger partial charge in [0.25, 0.3) is 0 Å². The number of nitrogens with zero attached hydrogens (tertiary/aromatic N) is 3. The number of aromatic nitrogens is 2. The third-order valence-corrected chi connectivity index (χ3v) is 3.53. The highest BCUT2D eigenvalue weighted by molar-refractivity contribution is 5.70. The van der Waals surface area contributed by atoms with E-state index in [1.165, 1.54) is 0 Å². The molecule has 1 aromatic heterocycles. The fourth-order valence-corrected chi connectivity index (χ4v) is 2.38. The van der Waals surface area contributed by atoms with Gasteiger partial charge in [0, 0.05) is 5.69 Å². The first kappa shape index (κ1) is 14.8. The van der Waals surface area contributed by atoms with Gasteiger partial charge in [-0.25, -0.2) is 4.68 Å². The van der Waals surface area contributed by atoms with Crippen LogP contribution in [-0.2, 0) is 0 Å². The molecule has 0 spiro atoms. The average Bonchev–Trinajstić information content (AvgIpc) is 2.87. The quantitative estimate of drug-likeness (QED) is 0.580. The summed E-state index contributed by atoms with van der Waals surface area (Å²) in [5.74, 6) is 0.350. The Morgan fingerprint density at radius 1 is 1.04 bits per heavy atom. The van der Waals surface area contributed by atoms with Crippen LogP contribution in [0.25, 0.3) is 5.69 Å². The molecule has 0 amide bonds. The van der Waals surface area contributed by atoms with Crippen molar-refractivity contribution in [1.29, 1.82) is 0 Å². The van der Waals surface area contributed by atoms with E-state index < -0.39 is 4.92 Å². The Kier molecular flexibility index (Phi) is 3.80. The van der Waals surface area contributed by atoms with Gasteiger partial charge in [0.05, 0.1) is 10.6 Å². The van der Waals surface area contributed by atoms with E-state index in [2.05, 4.69) is 10.4 Å². The zero-order valence-electron chi connectivity index (χ0n) is 12.9.